The molecule has 0 aliphatic carbocycles. The summed E-state index contributed by atoms with van der Waals surface area (Å²) < 4.78 is 5.23. The van der Waals surface area contributed by atoms with Crippen molar-refractivity contribution in [2.45, 2.75) is 33.0 Å². The number of aliphatic hydroxyl groups is 1. The van der Waals surface area contributed by atoms with Crippen molar-refractivity contribution in [2.75, 3.05) is 6.61 Å². The minimum absolute atomic E-state index is 0.137. The third kappa shape index (κ3) is 2.96. The molecule has 0 radical (unpaired) electrons. The van der Waals surface area contributed by atoms with E-state index in [9.17, 15) is 5.11 Å². The molecule has 1 aliphatic heterocycles. The van der Waals surface area contributed by atoms with Gasteiger partial charge in [0.2, 0.25) is 0 Å². The van der Waals surface area contributed by atoms with E-state index < -0.39 is 6.29 Å². The van der Waals surface area contributed by atoms with Gasteiger partial charge in [0.1, 0.15) is 0 Å². The molecule has 1 heterocycles. The van der Waals surface area contributed by atoms with Gasteiger partial charge < -0.3 is 9.84 Å². The van der Waals surface area contributed by atoms with E-state index in [1.807, 2.05) is 0 Å². The van der Waals surface area contributed by atoms with Gasteiger partial charge in [0.15, 0.2) is 6.29 Å². The minimum atomic E-state index is -0.621. The van der Waals surface area contributed by atoms with E-state index in [1.165, 1.54) is 0 Å². The Balaban J connectivity index is 2.57. The average molecular weight is 196 g/mol. The summed E-state index contributed by atoms with van der Waals surface area (Å²) >= 11 is 0. The van der Waals surface area contributed by atoms with Crippen LogP contribution in [0.25, 0.3) is 0 Å². The van der Waals surface area contributed by atoms with E-state index in [-0.39, 0.29) is 5.92 Å². The second kappa shape index (κ2) is 5.99. The van der Waals surface area contributed by atoms with Gasteiger partial charge in [-0.25, -0.2) is 0 Å². The van der Waals surface area contributed by atoms with E-state index in [2.05, 4.69) is 38.2 Å². The molecule has 0 amide bonds. The van der Waals surface area contributed by atoms with Crippen molar-refractivity contribution in [1.29, 1.82) is 0 Å². The van der Waals surface area contributed by atoms with Gasteiger partial charge in [0, 0.05) is 11.8 Å². The van der Waals surface area contributed by atoms with Gasteiger partial charge in [0.05, 0.1) is 6.61 Å². The third-order valence-electron chi connectivity index (χ3n) is 2.50. The molecular weight excluding hydrogens is 176 g/mol. The minimum Gasteiger partial charge on any atom is -0.367 e. The summed E-state index contributed by atoms with van der Waals surface area (Å²) in [7, 11) is 0. The largest absolute Gasteiger partial charge is 0.367 e. The molecule has 2 nitrogen and oxygen atoms in total. The predicted molar refractivity (Wildman–Crippen MR) is 57.8 cm³/mol. The SMILES string of the molecule is CC/C=C/[C@@H]1[C@H](/C=C/CC)CO[C@@H]1O. The molecule has 0 aromatic carbocycles. The van der Waals surface area contributed by atoms with Gasteiger partial charge in [0.25, 0.3) is 0 Å². The number of aliphatic hydroxyl groups excluding tert-OH is 1. The maximum atomic E-state index is 9.58. The molecule has 1 fully saturated rings. The molecular formula is C12H20O2. The van der Waals surface area contributed by atoms with E-state index in [0.717, 1.165) is 12.8 Å². The Morgan fingerprint density at radius 3 is 2.50 bits per heavy atom. The fraction of sp³-hybridized carbons (Fsp3) is 0.667. The number of hydrogen-bond donors (Lipinski definition) is 1. The van der Waals surface area contributed by atoms with Crippen LogP contribution in [0.3, 0.4) is 0 Å². The zero-order valence-corrected chi connectivity index (χ0v) is 9.02. The Morgan fingerprint density at radius 1 is 1.21 bits per heavy atom. The van der Waals surface area contributed by atoms with Gasteiger partial charge in [-0.15, -0.1) is 0 Å². The molecule has 0 unspecified atom stereocenters. The van der Waals surface area contributed by atoms with Crippen molar-refractivity contribution in [3.63, 3.8) is 0 Å². The van der Waals surface area contributed by atoms with Crippen molar-refractivity contribution in [1.82, 2.24) is 0 Å². The molecule has 0 aromatic heterocycles. The third-order valence-corrected chi connectivity index (χ3v) is 2.50. The standard InChI is InChI=1S/C12H20O2/c1-3-5-7-10-9-14-12(13)11(10)8-6-4-2/h5-8,10-13H,3-4,9H2,1-2H3/b7-5+,8-6+/t10-,11-,12+/m1/s1. The Hall–Kier alpha value is -0.600. The van der Waals surface area contributed by atoms with E-state index in [1.54, 1.807) is 0 Å². The zero-order valence-electron chi connectivity index (χ0n) is 9.02. The second-order valence-corrected chi connectivity index (χ2v) is 3.64. The monoisotopic (exact) mass is 196 g/mol. The maximum absolute atomic E-state index is 9.58. The molecule has 1 N–H and O–H groups in total. The van der Waals surface area contributed by atoms with Crippen LogP contribution in [0, 0.1) is 11.8 Å². The number of allylic oxidation sites excluding steroid dienone is 2. The highest BCUT2D eigenvalue weighted by Crippen LogP contribution is 2.28. The Kier molecular flexibility index (Phi) is 4.91. The first kappa shape index (κ1) is 11.5. The topological polar surface area (TPSA) is 29.5 Å². The fourth-order valence-corrected chi connectivity index (χ4v) is 1.67. The number of hydrogen-bond acceptors (Lipinski definition) is 2. The van der Waals surface area contributed by atoms with Crippen molar-refractivity contribution < 1.29 is 9.84 Å². The highest BCUT2D eigenvalue weighted by Gasteiger charge is 2.32. The van der Waals surface area contributed by atoms with Crippen LogP contribution in [0.5, 0.6) is 0 Å². The summed E-state index contributed by atoms with van der Waals surface area (Å²) in [6.45, 7) is 4.84. The summed E-state index contributed by atoms with van der Waals surface area (Å²) in [6.07, 6.45) is 9.88. The van der Waals surface area contributed by atoms with Gasteiger partial charge in [-0.2, -0.15) is 0 Å². The first-order valence-electron chi connectivity index (χ1n) is 5.42. The smallest absolute Gasteiger partial charge is 0.161 e. The van der Waals surface area contributed by atoms with Crippen LogP contribution < -0.4 is 0 Å². The molecule has 0 saturated carbocycles. The summed E-state index contributed by atoms with van der Waals surface area (Å²) in [4.78, 5) is 0. The molecule has 1 rings (SSSR count). The number of ether oxygens (including phenoxy) is 1. The van der Waals surface area contributed by atoms with Crippen LogP contribution in [-0.2, 0) is 4.74 Å². The fourth-order valence-electron chi connectivity index (χ4n) is 1.67. The molecule has 0 bridgehead atoms. The summed E-state index contributed by atoms with van der Waals surface area (Å²) in [5, 5.41) is 9.58. The van der Waals surface area contributed by atoms with Gasteiger partial charge in [-0.05, 0) is 12.8 Å². The van der Waals surface area contributed by atoms with Crippen molar-refractivity contribution in [2.24, 2.45) is 11.8 Å². The second-order valence-electron chi connectivity index (χ2n) is 3.64. The first-order valence-corrected chi connectivity index (χ1v) is 5.42. The van der Waals surface area contributed by atoms with Crippen molar-refractivity contribution in [3.8, 4) is 0 Å². The van der Waals surface area contributed by atoms with Crippen molar-refractivity contribution in [3.05, 3.63) is 24.3 Å². The lowest BCUT2D eigenvalue weighted by Gasteiger charge is -2.12. The Morgan fingerprint density at radius 2 is 1.86 bits per heavy atom. The van der Waals surface area contributed by atoms with Crippen LogP contribution in [0.1, 0.15) is 26.7 Å². The van der Waals surface area contributed by atoms with Crippen LogP contribution in [0.4, 0.5) is 0 Å². The summed E-state index contributed by atoms with van der Waals surface area (Å²) in [5.41, 5.74) is 0. The average Bonchev–Trinajstić information content (AvgIpc) is 2.53. The van der Waals surface area contributed by atoms with Crippen LogP contribution in [0.2, 0.25) is 0 Å². The molecule has 0 spiro atoms. The molecule has 80 valence electrons. The Bertz CT molecular complexity index is 208. The summed E-state index contributed by atoms with van der Waals surface area (Å²) in [5.74, 6) is 0.477. The van der Waals surface area contributed by atoms with E-state index in [0.29, 0.717) is 12.5 Å². The van der Waals surface area contributed by atoms with Crippen LogP contribution in [0.15, 0.2) is 24.3 Å². The first-order chi connectivity index (χ1) is 6.79. The number of rotatable bonds is 4. The lowest BCUT2D eigenvalue weighted by atomic mass is 9.93. The molecule has 3 atom stereocenters. The van der Waals surface area contributed by atoms with Crippen molar-refractivity contribution >= 4 is 0 Å². The van der Waals surface area contributed by atoms with Gasteiger partial charge >= 0.3 is 0 Å². The quantitative estimate of drug-likeness (QED) is 0.700. The molecule has 1 aliphatic rings. The summed E-state index contributed by atoms with van der Waals surface area (Å²) in [6, 6.07) is 0. The predicted octanol–water partition coefficient (Wildman–Crippen LogP) is 2.50. The molecule has 1 saturated heterocycles. The normalized spacial score (nSPS) is 33.5. The van der Waals surface area contributed by atoms with Gasteiger partial charge in [-0.3, -0.25) is 0 Å². The highest BCUT2D eigenvalue weighted by atomic mass is 16.6. The highest BCUT2D eigenvalue weighted by molar-refractivity contribution is 5.03. The van der Waals surface area contributed by atoms with E-state index in [4.69, 9.17) is 4.74 Å². The van der Waals surface area contributed by atoms with Crippen LogP contribution in [-0.4, -0.2) is 18.0 Å². The molecule has 14 heavy (non-hydrogen) atoms. The molecule has 0 aromatic rings. The maximum Gasteiger partial charge on any atom is 0.161 e. The lowest BCUT2D eigenvalue weighted by Crippen LogP contribution is -2.16. The Labute approximate surface area is 86.3 Å². The van der Waals surface area contributed by atoms with E-state index >= 15 is 0 Å². The lowest BCUT2D eigenvalue weighted by molar-refractivity contribution is -0.0735. The van der Waals surface area contributed by atoms with Crippen LogP contribution >= 0.6 is 0 Å². The zero-order chi connectivity index (χ0) is 10.4. The molecule has 2 heteroatoms. The van der Waals surface area contributed by atoms with Gasteiger partial charge in [-0.1, -0.05) is 38.2 Å².